The zero-order valence-electron chi connectivity index (χ0n) is 17.0. The zero-order valence-corrected chi connectivity index (χ0v) is 17.0. The molecular formula is C23H28N2O5. The second-order valence-corrected chi connectivity index (χ2v) is 6.99. The molecule has 7 heteroatoms. The summed E-state index contributed by atoms with van der Waals surface area (Å²) in [5.41, 5.74) is 1.66. The Morgan fingerprint density at radius 3 is 2.07 bits per heavy atom. The van der Waals surface area contributed by atoms with Gasteiger partial charge < -0.3 is 20.5 Å². The van der Waals surface area contributed by atoms with E-state index < -0.39 is 30.1 Å². The van der Waals surface area contributed by atoms with Crippen LogP contribution in [0.2, 0.25) is 0 Å². The van der Waals surface area contributed by atoms with Gasteiger partial charge in [0.15, 0.2) is 0 Å². The fraction of sp³-hybridized carbons (Fsp3) is 0.348. The molecule has 0 aliphatic rings. The van der Waals surface area contributed by atoms with Crippen molar-refractivity contribution in [2.45, 2.75) is 51.3 Å². The normalized spacial score (nSPS) is 12.4. The third-order valence-corrected chi connectivity index (χ3v) is 4.56. The summed E-state index contributed by atoms with van der Waals surface area (Å²) >= 11 is 0. The number of aliphatic carboxylic acids is 1. The van der Waals surface area contributed by atoms with E-state index in [4.69, 9.17) is 4.74 Å². The smallest absolute Gasteiger partial charge is 0.408 e. The minimum atomic E-state index is -1.10. The Labute approximate surface area is 176 Å². The lowest BCUT2D eigenvalue weighted by atomic mass is 10.0. The number of hydrogen-bond acceptors (Lipinski definition) is 4. The molecule has 7 nitrogen and oxygen atoms in total. The van der Waals surface area contributed by atoms with Gasteiger partial charge in [0.1, 0.15) is 18.7 Å². The van der Waals surface area contributed by atoms with Crippen LogP contribution in [0.4, 0.5) is 4.79 Å². The van der Waals surface area contributed by atoms with Crippen molar-refractivity contribution in [3.63, 3.8) is 0 Å². The molecule has 30 heavy (non-hydrogen) atoms. The molecule has 0 aliphatic carbocycles. The van der Waals surface area contributed by atoms with Crippen LogP contribution in [0, 0.1) is 0 Å². The fourth-order valence-electron chi connectivity index (χ4n) is 2.90. The van der Waals surface area contributed by atoms with Gasteiger partial charge in [-0.2, -0.15) is 0 Å². The summed E-state index contributed by atoms with van der Waals surface area (Å²) in [4.78, 5) is 36.6. The molecule has 0 bridgehead atoms. The molecule has 2 amide bonds. The molecule has 3 N–H and O–H groups in total. The van der Waals surface area contributed by atoms with E-state index in [1.807, 2.05) is 67.6 Å². The second-order valence-electron chi connectivity index (χ2n) is 6.99. The third-order valence-electron chi connectivity index (χ3n) is 4.56. The first-order valence-corrected chi connectivity index (χ1v) is 10.0. The van der Waals surface area contributed by atoms with Crippen molar-refractivity contribution in [1.82, 2.24) is 10.6 Å². The van der Waals surface area contributed by atoms with Gasteiger partial charge in [0.05, 0.1) is 0 Å². The number of alkyl carbamates (subject to hydrolysis) is 1. The number of unbranched alkanes of at least 4 members (excludes halogenated alkanes) is 1. The summed E-state index contributed by atoms with van der Waals surface area (Å²) in [6.45, 7) is 2.02. The number of carbonyl (C=O) groups excluding carboxylic acids is 2. The van der Waals surface area contributed by atoms with E-state index in [0.717, 1.165) is 17.5 Å². The molecule has 0 aliphatic heterocycles. The first kappa shape index (κ1) is 22.9. The first-order valence-electron chi connectivity index (χ1n) is 10.0. The van der Waals surface area contributed by atoms with Gasteiger partial charge in [-0.1, -0.05) is 80.4 Å². The molecule has 0 radical (unpaired) electrons. The van der Waals surface area contributed by atoms with Gasteiger partial charge in [-0.05, 0) is 17.5 Å². The fourth-order valence-corrected chi connectivity index (χ4v) is 2.90. The maximum Gasteiger partial charge on any atom is 0.408 e. The number of benzene rings is 2. The van der Waals surface area contributed by atoms with Crippen molar-refractivity contribution in [3.8, 4) is 0 Å². The summed E-state index contributed by atoms with van der Waals surface area (Å²) in [6.07, 6.45) is 1.29. The molecule has 2 aromatic rings. The highest BCUT2D eigenvalue weighted by Gasteiger charge is 2.27. The first-order chi connectivity index (χ1) is 14.5. The molecule has 0 saturated heterocycles. The summed E-state index contributed by atoms with van der Waals surface area (Å²) in [5.74, 6) is -1.65. The number of carbonyl (C=O) groups is 3. The SMILES string of the molecule is CCCC[C@@H](NC(=O)[C@@H](Cc1ccccc1)NC(=O)OCc1ccccc1)C(=O)O. The Balaban J connectivity index is 2.04. The maximum absolute atomic E-state index is 12.8. The second kappa shape index (κ2) is 12.3. The maximum atomic E-state index is 12.8. The average Bonchev–Trinajstić information content (AvgIpc) is 2.76. The highest BCUT2D eigenvalue weighted by molar-refractivity contribution is 5.89. The standard InChI is InChI=1S/C23H28N2O5/c1-2-3-14-19(22(27)28)24-21(26)20(15-17-10-6-4-7-11-17)25-23(29)30-16-18-12-8-5-9-13-18/h4-13,19-20H,2-3,14-16H2,1H3,(H,24,26)(H,25,29)(H,27,28)/t19-,20-/m1/s1. The van der Waals surface area contributed by atoms with E-state index in [-0.39, 0.29) is 13.0 Å². The Kier molecular flexibility index (Phi) is 9.37. The van der Waals surface area contributed by atoms with Crippen LogP contribution in [0.15, 0.2) is 60.7 Å². The van der Waals surface area contributed by atoms with Crippen molar-refractivity contribution in [2.24, 2.45) is 0 Å². The number of rotatable bonds is 11. The van der Waals surface area contributed by atoms with Crippen LogP contribution in [-0.2, 0) is 27.4 Å². The number of carboxylic acid groups (broad SMARTS) is 1. The van der Waals surface area contributed by atoms with Gasteiger partial charge in [0.2, 0.25) is 5.91 Å². The summed E-state index contributed by atoms with van der Waals surface area (Å²) in [6, 6.07) is 16.4. The number of carboxylic acids is 1. The predicted molar refractivity (Wildman–Crippen MR) is 113 cm³/mol. The molecule has 160 valence electrons. The minimum absolute atomic E-state index is 0.0700. The summed E-state index contributed by atoms with van der Waals surface area (Å²) < 4.78 is 5.22. The molecule has 2 atom stereocenters. The molecule has 0 fully saturated rings. The Bertz CT molecular complexity index is 811. The van der Waals surface area contributed by atoms with Crippen LogP contribution in [0.1, 0.15) is 37.3 Å². The van der Waals surface area contributed by atoms with Crippen molar-refractivity contribution in [1.29, 1.82) is 0 Å². The van der Waals surface area contributed by atoms with Gasteiger partial charge in [-0.15, -0.1) is 0 Å². The van der Waals surface area contributed by atoms with E-state index in [1.54, 1.807) is 0 Å². The van der Waals surface area contributed by atoms with Crippen LogP contribution >= 0.6 is 0 Å². The minimum Gasteiger partial charge on any atom is -0.480 e. The summed E-state index contributed by atoms with van der Waals surface area (Å²) in [7, 11) is 0. The van der Waals surface area contributed by atoms with E-state index in [0.29, 0.717) is 12.8 Å². The van der Waals surface area contributed by atoms with Crippen LogP contribution in [-0.4, -0.2) is 35.2 Å². The van der Waals surface area contributed by atoms with Crippen LogP contribution in [0.3, 0.4) is 0 Å². The quantitative estimate of drug-likeness (QED) is 0.525. The van der Waals surface area contributed by atoms with Gasteiger partial charge in [0, 0.05) is 6.42 Å². The average molecular weight is 412 g/mol. The third kappa shape index (κ3) is 7.95. The highest BCUT2D eigenvalue weighted by atomic mass is 16.5. The number of hydrogen-bond donors (Lipinski definition) is 3. The zero-order chi connectivity index (χ0) is 21.8. The monoisotopic (exact) mass is 412 g/mol. The molecule has 0 saturated carbocycles. The van der Waals surface area contributed by atoms with Gasteiger partial charge in [-0.3, -0.25) is 4.79 Å². The van der Waals surface area contributed by atoms with Crippen LogP contribution in [0.5, 0.6) is 0 Å². The number of ether oxygens (including phenoxy) is 1. The van der Waals surface area contributed by atoms with Crippen LogP contribution < -0.4 is 10.6 Å². The lowest BCUT2D eigenvalue weighted by Crippen LogP contribution is -2.52. The Hall–Kier alpha value is -3.35. The van der Waals surface area contributed by atoms with E-state index >= 15 is 0 Å². The van der Waals surface area contributed by atoms with E-state index in [1.165, 1.54) is 0 Å². The molecule has 0 heterocycles. The topological polar surface area (TPSA) is 105 Å². The van der Waals surface area contributed by atoms with Crippen molar-refractivity contribution in [3.05, 3.63) is 71.8 Å². The predicted octanol–water partition coefficient (Wildman–Crippen LogP) is 3.28. The van der Waals surface area contributed by atoms with E-state index in [2.05, 4.69) is 10.6 Å². The Morgan fingerprint density at radius 2 is 1.50 bits per heavy atom. The number of amides is 2. The molecule has 0 spiro atoms. The van der Waals surface area contributed by atoms with E-state index in [9.17, 15) is 19.5 Å². The van der Waals surface area contributed by atoms with Crippen molar-refractivity contribution >= 4 is 18.0 Å². The molecule has 2 rings (SSSR count). The molecule has 0 unspecified atom stereocenters. The van der Waals surface area contributed by atoms with Crippen molar-refractivity contribution in [2.75, 3.05) is 0 Å². The summed E-state index contributed by atoms with van der Waals surface area (Å²) in [5, 5.41) is 14.5. The largest absolute Gasteiger partial charge is 0.480 e. The lowest BCUT2D eigenvalue weighted by molar-refractivity contribution is -0.142. The van der Waals surface area contributed by atoms with Crippen LogP contribution in [0.25, 0.3) is 0 Å². The Morgan fingerprint density at radius 1 is 0.900 bits per heavy atom. The number of nitrogens with one attached hydrogen (secondary N) is 2. The van der Waals surface area contributed by atoms with Crippen molar-refractivity contribution < 1.29 is 24.2 Å². The van der Waals surface area contributed by atoms with Gasteiger partial charge >= 0.3 is 12.1 Å². The lowest BCUT2D eigenvalue weighted by Gasteiger charge is -2.21. The van der Waals surface area contributed by atoms with Gasteiger partial charge in [-0.25, -0.2) is 9.59 Å². The molecule has 0 aromatic heterocycles. The molecular weight excluding hydrogens is 384 g/mol. The highest BCUT2D eigenvalue weighted by Crippen LogP contribution is 2.07. The molecule has 2 aromatic carbocycles. The van der Waals surface area contributed by atoms with Gasteiger partial charge in [0.25, 0.3) is 0 Å².